The molecule has 1 aromatic heterocycles. The number of ether oxygens (including phenoxy) is 2. The van der Waals surface area contributed by atoms with E-state index in [9.17, 15) is 4.79 Å². The van der Waals surface area contributed by atoms with Gasteiger partial charge in [0.1, 0.15) is 11.1 Å². The van der Waals surface area contributed by atoms with Crippen molar-refractivity contribution in [2.45, 2.75) is 64.1 Å². The van der Waals surface area contributed by atoms with Gasteiger partial charge in [0.15, 0.2) is 5.82 Å². The second-order valence-electron chi connectivity index (χ2n) is 14.2. The zero-order valence-corrected chi connectivity index (χ0v) is 27.8. The molecule has 2 bridgehead atoms. The number of likely N-dealkylation sites (tertiary alicyclic amines) is 1. The first-order chi connectivity index (χ1) is 22.1. The Hall–Kier alpha value is -3.62. The zero-order chi connectivity index (χ0) is 32.2. The Balaban J connectivity index is 1.28. The van der Waals surface area contributed by atoms with E-state index in [1.165, 1.54) is 0 Å². The molecule has 3 aliphatic heterocycles. The number of carbonyl (C=O) groups excluding carboxylic acids is 1. The highest BCUT2D eigenvalue weighted by Crippen LogP contribution is 2.41. The van der Waals surface area contributed by atoms with Gasteiger partial charge in [-0.25, -0.2) is 14.2 Å². The number of hydrogen-bond donors (Lipinski definition) is 0. The van der Waals surface area contributed by atoms with E-state index in [-0.39, 0.29) is 23.7 Å². The van der Waals surface area contributed by atoms with Gasteiger partial charge in [0, 0.05) is 53.0 Å². The SMILES string of the molecule is CN1CCCC(COc2cc(N3C[C@H]4CC[C@@H](C3)N4C(=O)OC(C)(C)C)c3ccc(-c4cccc5cccc(Cl)c45)c(F)c3n2)C1. The van der Waals surface area contributed by atoms with Gasteiger partial charge in [0.25, 0.3) is 0 Å². The highest BCUT2D eigenvalue weighted by atomic mass is 35.5. The highest BCUT2D eigenvalue weighted by Gasteiger charge is 2.44. The molecular weight excluding hydrogens is 603 g/mol. The van der Waals surface area contributed by atoms with Gasteiger partial charge in [-0.2, -0.15) is 0 Å². The Bertz CT molecular complexity index is 1770. The van der Waals surface area contributed by atoms with E-state index in [0.717, 1.165) is 66.2 Å². The van der Waals surface area contributed by atoms with Crippen molar-refractivity contribution in [1.29, 1.82) is 0 Å². The molecule has 9 heteroatoms. The first-order valence-electron chi connectivity index (χ1n) is 16.4. The van der Waals surface area contributed by atoms with Crippen molar-refractivity contribution in [2.75, 3.05) is 44.7 Å². The zero-order valence-electron chi connectivity index (χ0n) is 27.1. The topological polar surface area (TPSA) is 58.1 Å². The minimum absolute atomic E-state index is 0.0147. The predicted molar refractivity (Wildman–Crippen MR) is 182 cm³/mol. The molecule has 0 aliphatic carbocycles. The van der Waals surface area contributed by atoms with Gasteiger partial charge < -0.3 is 19.3 Å². The lowest BCUT2D eigenvalue weighted by atomic mass is 9.96. The number of piperidine rings is 1. The molecule has 3 atom stereocenters. The van der Waals surface area contributed by atoms with Crippen molar-refractivity contribution in [3.05, 3.63) is 65.4 Å². The fraction of sp³-hybridized carbons (Fsp3) is 0.459. The van der Waals surface area contributed by atoms with Crippen LogP contribution >= 0.6 is 11.6 Å². The first-order valence-corrected chi connectivity index (χ1v) is 16.8. The van der Waals surface area contributed by atoms with Crippen LogP contribution in [0, 0.1) is 11.7 Å². The number of halogens is 2. The minimum Gasteiger partial charge on any atom is -0.477 e. The van der Waals surface area contributed by atoms with Crippen molar-refractivity contribution in [3.8, 4) is 17.0 Å². The second kappa shape index (κ2) is 12.2. The molecule has 4 aromatic rings. The van der Waals surface area contributed by atoms with Gasteiger partial charge in [-0.3, -0.25) is 4.90 Å². The first kappa shape index (κ1) is 31.0. The number of fused-ring (bicyclic) bond motifs is 4. The molecule has 3 aliphatic rings. The maximum Gasteiger partial charge on any atom is 0.410 e. The van der Waals surface area contributed by atoms with Gasteiger partial charge in [-0.05, 0) is 83.1 Å². The summed E-state index contributed by atoms with van der Waals surface area (Å²) in [6, 6.07) is 17.3. The monoisotopic (exact) mass is 644 g/mol. The third kappa shape index (κ3) is 5.97. The van der Waals surface area contributed by atoms with Gasteiger partial charge >= 0.3 is 6.09 Å². The van der Waals surface area contributed by atoms with Crippen molar-refractivity contribution < 1.29 is 18.7 Å². The fourth-order valence-corrected chi connectivity index (χ4v) is 7.89. The maximum absolute atomic E-state index is 16.8. The van der Waals surface area contributed by atoms with Crippen LogP contribution in [0.5, 0.6) is 5.88 Å². The molecule has 0 radical (unpaired) electrons. The summed E-state index contributed by atoms with van der Waals surface area (Å²) in [7, 11) is 2.14. The van der Waals surface area contributed by atoms with Crippen LogP contribution in [0.15, 0.2) is 54.6 Å². The van der Waals surface area contributed by atoms with Crippen LogP contribution in [0.3, 0.4) is 0 Å². The summed E-state index contributed by atoms with van der Waals surface area (Å²) in [6.45, 7) is 9.54. The van der Waals surface area contributed by atoms with Crippen LogP contribution in [-0.4, -0.2) is 78.4 Å². The quantitative estimate of drug-likeness (QED) is 0.219. The number of benzene rings is 3. The summed E-state index contributed by atoms with van der Waals surface area (Å²) in [6.07, 6.45) is 3.79. The minimum atomic E-state index is -0.558. The number of aromatic nitrogens is 1. The van der Waals surface area contributed by atoms with Gasteiger partial charge in [0.05, 0.1) is 24.4 Å². The summed E-state index contributed by atoms with van der Waals surface area (Å²) >= 11 is 6.66. The summed E-state index contributed by atoms with van der Waals surface area (Å²) < 4.78 is 29.0. The smallest absolute Gasteiger partial charge is 0.410 e. The molecule has 3 aromatic carbocycles. The molecule has 0 spiro atoms. The van der Waals surface area contributed by atoms with E-state index >= 15 is 4.39 Å². The lowest BCUT2D eigenvalue weighted by Crippen LogP contribution is -2.56. The molecule has 46 heavy (non-hydrogen) atoms. The van der Waals surface area contributed by atoms with Crippen LogP contribution in [0.2, 0.25) is 5.02 Å². The third-order valence-corrected chi connectivity index (χ3v) is 9.95. The fourth-order valence-electron chi connectivity index (χ4n) is 7.61. The highest BCUT2D eigenvalue weighted by molar-refractivity contribution is 6.36. The summed E-state index contributed by atoms with van der Waals surface area (Å²) in [5.41, 5.74) is 1.77. The molecule has 7 nitrogen and oxygen atoms in total. The number of piperazine rings is 1. The van der Waals surface area contributed by atoms with Crippen LogP contribution < -0.4 is 9.64 Å². The Morgan fingerprint density at radius 3 is 2.46 bits per heavy atom. The van der Waals surface area contributed by atoms with Crippen molar-refractivity contribution in [2.24, 2.45) is 5.92 Å². The van der Waals surface area contributed by atoms with Gasteiger partial charge in [-0.1, -0.05) is 48.0 Å². The number of amides is 1. The van der Waals surface area contributed by atoms with Crippen molar-refractivity contribution in [3.63, 3.8) is 0 Å². The number of hydrogen-bond acceptors (Lipinski definition) is 6. The summed E-state index contributed by atoms with van der Waals surface area (Å²) in [5.74, 6) is 0.413. The van der Waals surface area contributed by atoms with Crippen LogP contribution in [0.4, 0.5) is 14.9 Å². The van der Waals surface area contributed by atoms with Gasteiger partial charge in [0.2, 0.25) is 5.88 Å². The molecular formula is C37H42ClFN4O3. The molecule has 7 rings (SSSR count). The van der Waals surface area contributed by atoms with Crippen LogP contribution in [0.1, 0.15) is 46.5 Å². The standard InChI is InChI=1S/C37H42ClFN4O3/c1-37(2,3)46-36(44)43-25-13-14-26(43)21-42(20-25)31-18-32(45-22-23-8-7-17-41(4)19-23)40-35-29(31)16-15-28(34(35)39)27-11-5-9-24-10-6-12-30(38)33(24)27/h5-6,9-12,15-16,18,23,25-26H,7-8,13-14,17,19-22H2,1-4H3/t23?,25-,26+. The van der Waals surface area contributed by atoms with E-state index in [4.69, 9.17) is 26.1 Å². The predicted octanol–water partition coefficient (Wildman–Crippen LogP) is 8.16. The molecule has 1 unspecified atom stereocenters. The Kier molecular flexibility index (Phi) is 8.22. The van der Waals surface area contributed by atoms with E-state index in [1.54, 1.807) is 0 Å². The van der Waals surface area contributed by atoms with E-state index < -0.39 is 11.4 Å². The Morgan fingerprint density at radius 1 is 1.00 bits per heavy atom. The average molecular weight is 645 g/mol. The Morgan fingerprint density at radius 2 is 1.74 bits per heavy atom. The number of rotatable bonds is 5. The van der Waals surface area contributed by atoms with Crippen LogP contribution in [-0.2, 0) is 4.74 Å². The largest absolute Gasteiger partial charge is 0.477 e. The molecule has 3 saturated heterocycles. The molecule has 3 fully saturated rings. The number of anilines is 1. The lowest BCUT2D eigenvalue weighted by molar-refractivity contribution is 0.0123. The third-order valence-electron chi connectivity index (χ3n) is 9.63. The molecule has 242 valence electrons. The lowest BCUT2D eigenvalue weighted by Gasteiger charge is -2.42. The molecule has 0 N–H and O–H groups in total. The molecule has 0 saturated carbocycles. The second-order valence-corrected chi connectivity index (χ2v) is 14.6. The van der Waals surface area contributed by atoms with Crippen LogP contribution in [0.25, 0.3) is 32.8 Å². The number of nitrogens with zero attached hydrogens (tertiary/aromatic N) is 4. The summed E-state index contributed by atoms with van der Waals surface area (Å²) in [4.78, 5) is 24.5. The Labute approximate surface area is 275 Å². The van der Waals surface area contributed by atoms with Gasteiger partial charge in [-0.15, -0.1) is 0 Å². The number of carbonyl (C=O) groups is 1. The molecule has 4 heterocycles. The van der Waals surface area contributed by atoms with E-state index in [1.807, 2.05) is 80.3 Å². The normalized spacial score (nSPS) is 22.1. The summed E-state index contributed by atoms with van der Waals surface area (Å²) in [5, 5.41) is 3.07. The van der Waals surface area contributed by atoms with Crippen molar-refractivity contribution >= 4 is 45.1 Å². The maximum atomic E-state index is 16.8. The van der Waals surface area contributed by atoms with Crippen molar-refractivity contribution in [1.82, 2.24) is 14.8 Å². The van der Waals surface area contributed by atoms with E-state index in [2.05, 4.69) is 16.8 Å². The average Bonchev–Trinajstić information content (AvgIpc) is 3.29. The van der Waals surface area contributed by atoms with E-state index in [0.29, 0.717) is 42.1 Å². The molecule has 1 amide bonds. The number of pyridine rings is 1.